The van der Waals surface area contributed by atoms with Crippen molar-refractivity contribution in [2.45, 2.75) is 12.8 Å². The van der Waals surface area contributed by atoms with Crippen LogP contribution in [-0.4, -0.2) is 40.7 Å². The Labute approximate surface area is 83.3 Å². The second-order valence-electron chi connectivity index (χ2n) is 2.41. The van der Waals surface area contributed by atoms with Crippen LogP contribution in [0.3, 0.4) is 0 Å². The molecule has 0 aromatic carbocycles. The summed E-state index contributed by atoms with van der Waals surface area (Å²) < 4.78 is 4.20. The third kappa shape index (κ3) is 7.14. The fourth-order valence-electron chi connectivity index (χ4n) is 0.580. The Morgan fingerprint density at radius 1 is 1.00 bits per heavy atom. The highest BCUT2D eigenvalue weighted by molar-refractivity contribution is 5.97. The standard InChI is InChI=1S/C7H8O8/c8-4(1-7(12)15-13)3-14-6(11)2-5(9)10/h13H,1-3H2,(H,9,10). The van der Waals surface area contributed by atoms with Crippen molar-refractivity contribution >= 4 is 23.7 Å². The van der Waals surface area contributed by atoms with Crippen LogP contribution in [0.4, 0.5) is 0 Å². The molecular weight excluding hydrogens is 212 g/mol. The van der Waals surface area contributed by atoms with E-state index < -0.39 is 43.1 Å². The van der Waals surface area contributed by atoms with Gasteiger partial charge in [0.25, 0.3) is 0 Å². The summed E-state index contributed by atoms with van der Waals surface area (Å²) in [4.78, 5) is 44.9. The number of carboxylic acid groups (broad SMARTS) is 1. The highest BCUT2D eigenvalue weighted by atomic mass is 17.1. The van der Waals surface area contributed by atoms with Crippen LogP contribution in [0, 0.1) is 0 Å². The van der Waals surface area contributed by atoms with E-state index in [2.05, 4.69) is 9.62 Å². The summed E-state index contributed by atoms with van der Waals surface area (Å²) >= 11 is 0. The maximum atomic E-state index is 10.8. The van der Waals surface area contributed by atoms with Gasteiger partial charge in [-0.15, -0.1) is 0 Å². The minimum Gasteiger partial charge on any atom is -0.481 e. The number of esters is 1. The maximum absolute atomic E-state index is 10.8. The second-order valence-corrected chi connectivity index (χ2v) is 2.41. The number of ether oxygens (including phenoxy) is 1. The normalized spacial score (nSPS) is 9.13. The SMILES string of the molecule is O=C(O)CC(=O)OCC(=O)CC(=O)OO. The van der Waals surface area contributed by atoms with Gasteiger partial charge in [0.2, 0.25) is 0 Å². The highest BCUT2D eigenvalue weighted by Crippen LogP contribution is 1.91. The van der Waals surface area contributed by atoms with Gasteiger partial charge in [0.1, 0.15) is 12.8 Å². The van der Waals surface area contributed by atoms with E-state index in [1.54, 1.807) is 0 Å². The fraction of sp³-hybridized carbons (Fsp3) is 0.429. The largest absolute Gasteiger partial charge is 0.481 e. The lowest BCUT2D eigenvalue weighted by atomic mass is 10.3. The topological polar surface area (TPSA) is 127 Å². The van der Waals surface area contributed by atoms with Gasteiger partial charge in [0.05, 0.1) is 0 Å². The van der Waals surface area contributed by atoms with Gasteiger partial charge in [-0.1, -0.05) is 0 Å². The number of ketones is 1. The quantitative estimate of drug-likeness (QED) is 0.252. The number of aliphatic carboxylic acids is 1. The number of Topliss-reactive ketones (excluding diaryl/α,β-unsaturated/α-hetero) is 1. The number of carbonyl (C=O) groups excluding carboxylic acids is 3. The predicted molar refractivity (Wildman–Crippen MR) is 41.6 cm³/mol. The highest BCUT2D eigenvalue weighted by Gasteiger charge is 2.14. The Kier molecular flexibility index (Phi) is 5.64. The summed E-state index contributed by atoms with van der Waals surface area (Å²) in [6.45, 7) is -0.735. The van der Waals surface area contributed by atoms with E-state index in [9.17, 15) is 19.2 Å². The van der Waals surface area contributed by atoms with Gasteiger partial charge < -0.3 is 14.7 Å². The molecule has 2 N–H and O–H groups in total. The first-order valence-corrected chi connectivity index (χ1v) is 3.69. The molecule has 8 heteroatoms. The van der Waals surface area contributed by atoms with E-state index in [0.29, 0.717) is 0 Å². The summed E-state index contributed by atoms with van der Waals surface area (Å²) in [5.41, 5.74) is 0. The Hall–Kier alpha value is -1.96. The van der Waals surface area contributed by atoms with Crippen molar-refractivity contribution in [3.8, 4) is 0 Å². The number of hydrogen-bond donors (Lipinski definition) is 2. The van der Waals surface area contributed by atoms with Crippen molar-refractivity contribution in [1.29, 1.82) is 0 Å². The fourth-order valence-corrected chi connectivity index (χ4v) is 0.580. The van der Waals surface area contributed by atoms with E-state index in [0.717, 1.165) is 0 Å². The van der Waals surface area contributed by atoms with Crippen molar-refractivity contribution in [3.63, 3.8) is 0 Å². The van der Waals surface area contributed by atoms with Crippen LogP contribution in [0.15, 0.2) is 0 Å². The maximum Gasteiger partial charge on any atom is 0.349 e. The molecule has 0 atom stereocenters. The van der Waals surface area contributed by atoms with Crippen LogP contribution in [0.1, 0.15) is 12.8 Å². The summed E-state index contributed by atoms with van der Waals surface area (Å²) in [5, 5.41) is 15.9. The number of carbonyl (C=O) groups is 4. The molecule has 0 heterocycles. The monoisotopic (exact) mass is 220 g/mol. The molecule has 0 spiro atoms. The molecule has 0 saturated carbocycles. The Balaban J connectivity index is 3.76. The molecule has 84 valence electrons. The van der Waals surface area contributed by atoms with Gasteiger partial charge in [-0.2, -0.15) is 5.26 Å². The van der Waals surface area contributed by atoms with E-state index in [1.807, 2.05) is 0 Å². The molecule has 15 heavy (non-hydrogen) atoms. The molecule has 0 aromatic heterocycles. The minimum atomic E-state index is -1.39. The van der Waals surface area contributed by atoms with E-state index >= 15 is 0 Å². The smallest absolute Gasteiger partial charge is 0.349 e. The Morgan fingerprint density at radius 3 is 2.07 bits per heavy atom. The zero-order valence-corrected chi connectivity index (χ0v) is 7.47. The van der Waals surface area contributed by atoms with E-state index in [4.69, 9.17) is 10.4 Å². The van der Waals surface area contributed by atoms with Crippen molar-refractivity contribution < 1.29 is 39.2 Å². The van der Waals surface area contributed by atoms with Crippen LogP contribution < -0.4 is 0 Å². The molecular formula is C7H8O8. The lowest BCUT2D eigenvalue weighted by Gasteiger charge is -2.00. The van der Waals surface area contributed by atoms with Crippen LogP contribution in [0.5, 0.6) is 0 Å². The summed E-state index contributed by atoms with van der Waals surface area (Å²) in [6.07, 6.45) is -1.62. The molecule has 0 amide bonds. The van der Waals surface area contributed by atoms with Gasteiger partial charge in [-0.05, 0) is 0 Å². The molecule has 0 rings (SSSR count). The molecule has 0 aliphatic carbocycles. The van der Waals surface area contributed by atoms with Gasteiger partial charge in [0, 0.05) is 0 Å². The lowest BCUT2D eigenvalue weighted by molar-refractivity contribution is -0.234. The molecule has 0 bridgehead atoms. The molecule has 0 radical (unpaired) electrons. The zero-order chi connectivity index (χ0) is 11.8. The van der Waals surface area contributed by atoms with Gasteiger partial charge in [-0.3, -0.25) is 14.4 Å². The molecule has 8 nitrogen and oxygen atoms in total. The third-order valence-corrected chi connectivity index (χ3v) is 1.13. The van der Waals surface area contributed by atoms with Crippen molar-refractivity contribution in [2.75, 3.05) is 6.61 Å². The number of carboxylic acids is 1. The van der Waals surface area contributed by atoms with Crippen LogP contribution in [0.2, 0.25) is 0 Å². The number of rotatable bonds is 6. The predicted octanol–water partition coefficient (Wildman–Crippen LogP) is -1.02. The van der Waals surface area contributed by atoms with E-state index in [1.165, 1.54) is 0 Å². The summed E-state index contributed by atoms with van der Waals surface area (Å²) in [5.74, 6) is -4.47. The average Bonchev–Trinajstić information content (AvgIpc) is 2.13. The molecule has 0 aromatic rings. The molecule has 0 aliphatic rings. The van der Waals surface area contributed by atoms with Gasteiger partial charge in [0.15, 0.2) is 12.4 Å². The summed E-state index contributed by atoms with van der Waals surface area (Å²) in [7, 11) is 0. The Morgan fingerprint density at radius 2 is 1.60 bits per heavy atom. The van der Waals surface area contributed by atoms with Crippen LogP contribution in [-0.2, 0) is 28.8 Å². The minimum absolute atomic E-state index is 0.735. The molecule has 0 fully saturated rings. The first kappa shape index (κ1) is 13.0. The zero-order valence-electron chi connectivity index (χ0n) is 7.47. The molecule has 0 unspecified atom stereocenters. The first-order valence-electron chi connectivity index (χ1n) is 3.69. The third-order valence-electron chi connectivity index (χ3n) is 1.13. The first-order chi connectivity index (χ1) is 6.95. The van der Waals surface area contributed by atoms with E-state index in [-0.39, 0.29) is 0 Å². The molecule has 0 aliphatic heterocycles. The second kappa shape index (κ2) is 6.49. The lowest BCUT2D eigenvalue weighted by Crippen LogP contribution is -2.19. The van der Waals surface area contributed by atoms with Crippen molar-refractivity contribution in [2.24, 2.45) is 0 Å². The summed E-state index contributed by atoms with van der Waals surface area (Å²) in [6, 6.07) is 0. The van der Waals surface area contributed by atoms with Crippen LogP contribution >= 0.6 is 0 Å². The van der Waals surface area contributed by atoms with Crippen LogP contribution in [0.25, 0.3) is 0 Å². The average molecular weight is 220 g/mol. The molecule has 0 saturated heterocycles. The Bertz CT molecular complexity index is 281. The van der Waals surface area contributed by atoms with Crippen molar-refractivity contribution in [3.05, 3.63) is 0 Å². The number of hydrogen-bond acceptors (Lipinski definition) is 7. The van der Waals surface area contributed by atoms with Gasteiger partial charge >= 0.3 is 17.9 Å². The van der Waals surface area contributed by atoms with Crippen molar-refractivity contribution in [1.82, 2.24) is 0 Å². The van der Waals surface area contributed by atoms with Gasteiger partial charge in [-0.25, -0.2) is 4.79 Å².